The molecule has 152 valence electrons. The van der Waals surface area contributed by atoms with E-state index < -0.39 is 10.6 Å². The zero-order valence-electron chi connectivity index (χ0n) is 16.9. The molecule has 0 bridgehead atoms. The van der Waals surface area contributed by atoms with Gasteiger partial charge in [-0.25, -0.2) is 0 Å². The van der Waals surface area contributed by atoms with Crippen molar-refractivity contribution < 1.29 is 14.4 Å². The number of nitrogens with zero attached hydrogens (tertiary/aromatic N) is 2. The summed E-state index contributed by atoms with van der Waals surface area (Å²) in [5.41, 5.74) is 1.92. The molecule has 0 aliphatic carbocycles. The molecule has 6 nitrogen and oxygen atoms in total. The first kappa shape index (κ1) is 19.8. The Bertz CT molecular complexity index is 1030. The minimum Gasteiger partial charge on any atom is -0.493 e. The topological polar surface area (TPSA) is 64.8 Å². The average Bonchev–Trinajstić information content (AvgIpc) is 2.93. The maximum Gasteiger partial charge on any atom is 0.288 e. The minimum absolute atomic E-state index is 0.0508. The third-order valence-electron chi connectivity index (χ3n) is 6.52. The number of para-hydroxylation sites is 1. The molecule has 0 fully saturated rings. The van der Waals surface area contributed by atoms with E-state index in [1.54, 1.807) is 0 Å². The Kier molecular flexibility index (Phi) is 4.61. The van der Waals surface area contributed by atoms with Crippen molar-refractivity contribution in [3.63, 3.8) is 0 Å². The highest BCUT2D eigenvalue weighted by Gasteiger charge is 2.61. The van der Waals surface area contributed by atoms with Gasteiger partial charge < -0.3 is 14.4 Å². The summed E-state index contributed by atoms with van der Waals surface area (Å²) in [6.07, 6.45) is 5.71. The molecule has 29 heavy (non-hydrogen) atoms. The summed E-state index contributed by atoms with van der Waals surface area (Å²) >= 11 is 3.39. The number of anilines is 1. The fourth-order valence-electron chi connectivity index (χ4n) is 4.99. The van der Waals surface area contributed by atoms with Gasteiger partial charge >= 0.3 is 0 Å². The first-order valence-corrected chi connectivity index (χ1v) is 10.4. The molecule has 2 aliphatic rings. The lowest BCUT2D eigenvalue weighted by atomic mass is 9.69. The van der Waals surface area contributed by atoms with Crippen molar-refractivity contribution in [3.8, 4) is 11.5 Å². The molecular weight excluding hydrogens is 436 g/mol. The number of hydrogen-bond donors (Lipinski definition) is 0. The van der Waals surface area contributed by atoms with E-state index in [0.717, 1.165) is 18.5 Å². The summed E-state index contributed by atoms with van der Waals surface area (Å²) in [5, 5.41) is 11.5. The summed E-state index contributed by atoms with van der Waals surface area (Å²) < 4.78 is 12.7. The molecule has 1 unspecified atom stereocenters. The third kappa shape index (κ3) is 2.40. The van der Waals surface area contributed by atoms with Crippen LogP contribution in [0.5, 0.6) is 11.5 Å². The van der Waals surface area contributed by atoms with Gasteiger partial charge in [-0.1, -0.05) is 32.0 Å². The monoisotopic (exact) mass is 458 g/mol. The standard InChI is InChI=1S/C22H23BrN2O4/c1-5-21(6-2)15-9-7-8-10-16(15)24(3)22(21)12-11-14-19(23)17(25(26)27)13-18(28-4)20(14)29-22/h7-13H,5-6H2,1-4H3. The first-order valence-electron chi connectivity index (χ1n) is 9.63. The molecule has 1 atom stereocenters. The minimum atomic E-state index is -0.754. The smallest absolute Gasteiger partial charge is 0.288 e. The molecule has 0 N–H and O–H groups in total. The van der Waals surface area contributed by atoms with Crippen LogP contribution in [0.1, 0.15) is 37.8 Å². The van der Waals surface area contributed by atoms with Crippen molar-refractivity contribution >= 4 is 33.4 Å². The molecule has 7 heteroatoms. The Labute approximate surface area is 178 Å². The molecule has 0 saturated carbocycles. The van der Waals surface area contributed by atoms with Crippen LogP contribution in [0, 0.1) is 10.1 Å². The molecule has 2 heterocycles. The molecule has 0 saturated heterocycles. The fraction of sp³-hybridized carbons (Fsp3) is 0.364. The zero-order chi connectivity index (χ0) is 21.0. The second-order valence-corrected chi connectivity index (χ2v) is 8.20. The van der Waals surface area contributed by atoms with Gasteiger partial charge in [0.2, 0.25) is 5.72 Å². The number of likely N-dealkylation sites (N-methyl/N-ethyl adjacent to an activating group) is 1. The quantitative estimate of drug-likeness (QED) is 0.435. The summed E-state index contributed by atoms with van der Waals surface area (Å²) in [7, 11) is 3.54. The van der Waals surface area contributed by atoms with Crippen LogP contribution in [0.4, 0.5) is 11.4 Å². The second-order valence-electron chi connectivity index (χ2n) is 7.41. The molecule has 0 aromatic heterocycles. The molecule has 4 rings (SSSR count). The van der Waals surface area contributed by atoms with Gasteiger partial charge in [-0.3, -0.25) is 10.1 Å². The SMILES string of the molecule is CCC1(CC)c2ccccc2N(C)C12C=Cc1c(Br)c([N+](=O)[O-])cc(OC)c1O2. The van der Waals surface area contributed by atoms with E-state index in [0.29, 0.717) is 21.5 Å². The third-order valence-corrected chi connectivity index (χ3v) is 7.35. The molecule has 0 amide bonds. The van der Waals surface area contributed by atoms with Crippen LogP contribution in [0.3, 0.4) is 0 Å². The number of hydrogen-bond acceptors (Lipinski definition) is 5. The van der Waals surface area contributed by atoms with E-state index in [1.165, 1.54) is 18.7 Å². The van der Waals surface area contributed by atoms with Gasteiger partial charge in [0.15, 0.2) is 11.5 Å². The predicted octanol–water partition coefficient (Wildman–Crippen LogP) is 5.68. The van der Waals surface area contributed by atoms with Gasteiger partial charge in [0, 0.05) is 18.3 Å². The van der Waals surface area contributed by atoms with Crippen molar-refractivity contribution in [1.82, 2.24) is 0 Å². The summed E-state index contributed by atoms with van der Waals surface area (Å²) in [6.45, 7) is 4.35. The van der Waals surface area contributed by atoms with Gasteiger partial charge in [0.25, 0.3) is 5.69 Å². The van der Waals surface area contributed by atoms with Gasteiger partial charge in [-0.05, 0) is 52.6 Å². The van der Waals surface area contributed by atoms with E-state index in [2.05, 4.69) is 52.9 Å². The Morgan fingerprint density at radius 1 is 1.28 bits per heavy atom. The lowest BCUT2D eigenvalue weighted by Crippen LogP contribution is -2.60. The normalized spacial score (nSPS) is 20.9. The maximum atomic E-state index is 11.5. The lowest BCUT2D eigenvalue weighted by molar-refractivity contribution is -0.385. The van der Waals surface area contributed by atoms with E-state index in [4.69, 9.17) is 9.47 Å². The first-order chi connectivity index (χ1) is 13.9. The molecule has 2 aromatic carbocycles. The van der Waals surface area contributed by atoms with Crippen molar-refractivity contribution in [2.24, 2.45) is 0 Å². The highest BCUT2D eigenvalue weighted by Crippen LogP contribution is 2.59. The number of fused-ring (bicyclic) bond motifs is 2. The van der Waals surface area contributed by atoms with Gasteiger partial charge in [0.05, 0.1) is 23.5 Å². The number of nitro benzene ring substituents is 1. The summed E-state index contributed by atoms with van der Waals surface area (Å²) in [6, 6.07) is 9.79. The number of methoxy groups -OCH3 is 1. The Balaban J connectivity index is 1.97. The molecule has 2 aliphatic heterocycles. The van der Waals surface area contributed by atoms with Crippen molar-refractivity contribution in [2.75, 3.05) is 19.1 Å². The number of ether oxygens (including phenoxy) is 2. The number of rotatable bonds is 4. The van der Waals surface area contributed by atoms with Crippen LogP contribution in [-0.4, -0.2) is 24.8 Å². The Morgan fingerprint density at radius 2 is 1.97 bits per heavy atom. The van der Waals surface area contributed by atoms with Crippen LogP contribution in [0.15, 0.2) is 40.9 Å². The van der Waals surface area contributed by atoms with Gasteiger partial charge in [0.1, 0.15) is 4.47 Å². The van der Waals surface area contributed by atoms with Crippen LogP contribution < -0.4 is 14.4 Å². The van der Waals surface area contributed by atoms with E-state index >= 15 is 0 Å². The predicted molar refractivity (Wildman–Crippen MR) is 117 cm³/mol. The van der Waals surface area contributed by atoms with Crippen molar-refractivity contribution in [3.05, 3.63) is 62.1 Å². The number of benzene rings is 2. The Hall–Kier alpha value is -2.54. The molecule has 2 aromatic rings. The van der Waals surface area contributed by atoms with E-state index in [9.17, 15) is 10.1 Å². The number of nitro groups is 1. The second kappa shape index (κ2) is 6.76. The highest BCUT2D eigenvalue weighted by atomic mass is 79.9. The van der Waals surface area contributed by atoms with Crippen molar-refractivity contribution in [2.45, 2.75) is 37.8 Å². The summed E-state index contributed by atoms with van der Waals surface area (Å²) in [5.74, 6) is 0.863. The average molecular weight is 459 g/mol. The summed E-state index contributed by atoms with van der Waals surface area (Å²) in [4.78, 5) is 13.2. The van der Waals surface area contributed by atoms with Crippen molar-refractivity contribution in [1.29, 1.82) is 0 Å². The van der Waals surface area contributed by atoms with Gasteiger partial charge in [-0.15, -0.1) is 0 Å². The van der Waals surface area contributed by atoms with Crippen LogP contribution in [-0.2, 0) is 5.41 Å². The fourth-order valence-corrected chi connectivity index (χ4v) is 5.56. The van der Waals surface area contributed by atoms with Gasteiger partial charge in [-0.2, -0.15) is 0 Å². The zero-order valence-corrected chi connectivity index (χ0v) is 18.4. The van der Waals surface area contributed by atoms with Crippen LogP contribution in [0.25, 0.3) is 6.08 Å². The molecular formula is C22H23BrN2O4. The van der Waals surface area contributed by atoms with Crippen LogP contribution in [0.2, 0.25) is 0 Å². The Morgan fingerprint density at radius 3 is 2.59 bits per heavy atom. The maximum absolute atomic E-state index is 11.5. The van der Waals surface area contributed by atoms with E-state index in [-0.39, 0.29) is 11.1 Å². The van der Waals surface area contributed by atoms with Crippen LogP contribution >= 0.6 is 15.9 Å². The highest BCUT2D eigenvalue weighted by molar-refractivity contribution is 9.10. The largest absolute Gasteiger partial charge is 0.493 e. The van der Waals surface area contributed by atoms with E-state index in [1.807, 2.05) is 25.3 Å². The molecule has 1 spiro atoms. The number of halogens is 1. The lowest BCUT2D eigenvalue weighted by Gasteiger charge is -2.48. The molecule has 0 radical (unpaired) electrons.